The van der Waals surface area contributed by atoms with Crippen LogP contribution in [0.1, 0.15) is 6.92 Å². The minimum Gasteiger partial charge on any atom is -0.460 e. The number of esters is 1. The highest BCUT2D eigenvalue weighted by molar-refractivity contribution is 6.19. The van der Waals surface area contributed by atoms with Crippen molar-refractivity contribution >= 4 is 13.8 Å². The molecule has 0 N–H and O–H groups in total. The van der Waals surface area contributed by atoms with E-state index >= 15 is 0 Å². The maximum atomic E-state index is 10.9. The van der Waals surface area contributed by atoms with E-state index in [1.54, 1.807) is 6.92 Å². The Morgan fingerprint density at radius 2 is 2.55 bits per heavy atom. The summed E-state index contributed by atoms with van der Waals surface area (Å²) >= 11 is 0. The SMILES string of the molecule is [B]C=C(C)C(=O)OCC1CO1. The molecule has 1 fully saturated rings. The van der Waals surface area contributed by atoms with Crippen LogP contribution in [0.2, 0.25) is 0 Å². The van der Waals surface area contributed by atoms with Crippen molar-refractivity contribution < 1.29 is 14.3 Å². The zero-order chi connectivity index (χ0) is 8.27. The molecule has 1 heterocycles. The molecule has 1 unspecified atom stereocenters. The van der Waals surface area contributed by atoms with E-state index in [1.807, 2.05) is 0 Å². The van der Waals surface area contributed by atoms with Gasteiger partial charge in [-0.3, -0.25) is 0 Å². The van der Waals surface area contributed by atoms with Gasteiger partial charge in [0.1, 0.15) is 20.6 Å². The van der Waals surface area contributed by atoms with Crippen LogP contribution in [0.5, 0.6) is 0 Å². The smallest absolute Gasteiger partial charge is 0.332 e. The zero-order valence-electron chi connectivity index (χ0n) is 6.37. The van der Waals surface area contributed by atoms with E-state index in [4.69, 9.17) is 17.3 Å². The van der Waals surface area contributed by atoms with Crippen LogP contribution in [0.4, 0.5) is 0 Å². The molecule has 0 aromatic carbocycles. The molecule has 0 amide bonds. The first-order valence-corrected chi connectivity index (χ1v) is 3.41. The molecule has 0 aromatic heterocycles. The lowest BCUT2D eigenvalue weighted by Gasteiger charge is -2.00. The second kappa shape index (κ2) is 3.58. The summed E-state index contributed by atoms with van der Waals surface area (Å²) in [6.45, 7) is 2.64. The van der Waals surface area contributed by atoms with E-state index in [0.29, 0.717) is 18.8 Å². The normalized spacial score (nSPS) is 23.0. The molecule has 1 rings (SSSR count). The fourth-order valence-corrected chi connectivity index (χ4v) is 0.515. The summed E-state index contributed by atoms with van der Waals surface area (Å²) in [7, 11) is 5.10. The number of hydrogen-bond donors (Lipinski definition) is 0. The molecule has 0 saturated carbocycles. The number of rotatable bonds is 3. The highest BCUT2D eigenvalue weighted by Crippen LogP contribution is 2.09. The molecule has 1 aliphatic heterocycles. The predicted molar refractivity (Wildman–Crippen MR) is 40.2 cm³/mol. The van der Waals surface area contributed by atoms with Crippen LogP contribution in [-0.4, -0.2) is 33.1 Å². The third-order valence-electron chi connectivity index (χ3n) is 1.37. The summed E-state index contributed by atoms with van der Waals surface area (Å²) in [4.78, 5) is 10.9. The number of carbonyl (C=O) groups is 1. The van der Waals surface area contributed by atoms with Crippen LogP contribution >= 0.6 is 0 Å². The Morgan fingerprint density at radius 1 is 1.91 bits per heavy atom. The number of hydrogen-bond acceptors (Lipinski definition) is 3. The quantitative estimate of drug-likeness (QED) is 0.247. The average Bonchev–Trinajstić information content (AvgIpc) is 2.81. The van der Waals surface area contributed by atoms with Crippen LogP contribution in [0.15, 0.2) is 11.5 Å². The van der Waals surface area contributed by atoms with Gasteiger partial charge in [-0.25, -0.2) is 4.79 Å². The lowest BCUT2D eigenvalue weighted by molar-refractivity contribution is -0.139. The topological polar surface area (TPSA) is 38.8 Å². The Balaban J connectivity index is 2.19. The van der Waals surface area contributed by atoms with E-state index < -0.39 is 0 Å². The highest BCUT2D eigenvalue weighted by Gasteiger charge is 2.24. The Hall–Kier alpha value is -0.765. The Labute approximate surface area is 66.8 Å². The Kier molecular flexibility index (Phi) is 2.71. The molecule has 0 aromatic rings. The molecule has 4 heteroatoms. The van der Waals surface area contributed by atoms with Gasteiger partial charge in [-0.2, -0.15) is 0 Å². The summed E-state index contributed by atoms with van der Waals surface area (Å²) in [5, 5.41) is 0. The van der Waals surface area contributed by atoms with Gasteiger partial charge in [0.05, 0.1) is 6.61 Å². The summed E-state index contributed by atoms with van der Waals surface area (Å²) in [6.07, 6.45) is 0.115. The summed E-state index contributed by atoms with van der Waals surface area (Å²) in [5.74, 6) is 0.860. The minimum absolute atomic E-state index is 0.115. The largest absolute Gasteiger partial charge is 0.460 e. The van der Waals surface area contributed by atoms with Crippen molar-refractivity contribution in [2.24, 2.45) is 0 Å². The van der Waals surface area contributed by atoms with Crippen LogP contribution in [0.3, 0.4) is 0 Å². The summed E-state index contributed by atoms with van der Waals surface area (Å²) in [5.41, 5.74) is 0.422. The van der Waals surface area contributed by atoms with E-state index in [0.717, 1.165) is 0 Å². The molecule has 2 radical (unpaired) electrons. The summed E-state index contributed by atoms with van der Waals surface area (Å²) < 4.78 is 9.65. The lowest BCUT2D eigenvalue weighted by atomic mass is 10.1. The summed E-state index contributed by atoms with van der Waals surface area (Å²) in [6, 6.07) is 0. The predicted octanol–water partition coefficient (Wildman–Crippen LogP) is 0.000700. The minimum atomic E-state index is -0.372. The van der Waals surface area contributed by atoms with Crippen molar-refractivity contribution in [1.29, 1.82) is 0 Å². The van der Waals surface area contributed by atoms with Crippen molar-refractivity contribution in [3.05, 3.63) is 11.5 Å². The molecule has 0 aliphatic carbocycles. The first-order valence-electron chi connectivity index (χ1n) is 3.41. The molecule has 3 nitrogen and oxygen atoms in total. The van der Waals surface area contributed by atoms with Gasteiger partial charge in [-0.15, -0.1) is 5.98 Å². The van der Waals surface area contributed by atoms with E-state index in [1.165, 1.54) is 5.98 Å². The third-order valence-corrected chi connectivity index (χ3v) is 1.37. The van der Waals surface area contributed by atoms with Gasteiger partial charge >= 0.3 is 5.97 Å². The van der Waals surface area contributed by atoms with Gasteiger partial charge < -0.3 is 9.47 Å². The fraction of sp³-hybridized carbons (Fsp3) is 0.571. The monoisotopic (exact) mass is 152 g/mol. The lowest BCUT2D eigenvalue weighted by Crippen LogP contribution is -2.10. The van der Waals surface area contributed by atoms with Gasteiger partial charge in [-0.05, 0) is 6.92 Å². The maximum absolute atomic E-state index is 10.9. The average molecular weight is 152 g/mol. The second-order valence-corrected chi connectivity index (χ2v) is 2.40. The van der Waals surface area contributed by atoms with E-state index in [2.05, 4.69) is 0 Å². The van der Waals surface area contributed by atoms with Gasteiger partial charge in [-0.1, -0.05) is 0 Å². The van der Waals surface area contributed by atoms with Crippen LogP contribution in [0.25, 0.3) is 0 Å². The third kappa shape index (κ3) is 2.76. The molecule has 1 saturated heterocycles. The second-order valence-electron chi connectivity index (χ2n) is 2.40. The van der Waals surface area contributed by atoms with Crippen LogP contribution in [-0.2, 0) is 14.3 Å². The molecule has 0 bridgehead atoms. The van der Waals surface area contributed by atoms with Crippen LogP contribution in [0, 0.1) is 0 Å². The first-order chi connectivity index (χ1) is 5.24. The number of epoxide rings is 1. The molecule has 1 atom stereocenters. The Bertz CT molecular complexity index is 184. The van der Waals surface area contributed by atoms with Crippen molar-refractivity contribution in [2.75, 3.05) is 13.2 Å². The van der Waals surface area contributed by atoms with E-state index in [-0.39, 0.29) is 12.1 Å². The fourth-order valence-electron chi connectivity index (χ4n) is 0.515. The van der Waals surface area contributed by atoms with Crippen molar-refractivity contribution in [3.8, 4) is 0 Å². The molecule has 1 aliphatic rings. The Morgan fingerprint density at radius 3 is 3.00 bits per heavy atom. The molecular weight excluding hydrogens is 143 g/mol. The standard InChI is InChI=1S/C7H9BO3/c1-5(2-8)7(9)11-4-6-3-10-6/h2,6H,3-4H2,1H3. The van der Waals surface area contributed by atoms with Gasteiger partial charge in [0, 0.05) is 5.57 Å². The van der Waals surface area contributed by atoms with Gasteiger partial charge in [0.25, 0.3) is 0 Å². The molecule has 58 valence electrons. The number of carbonyl (C=O) groups excluding carboxylic acids is 1. The number of ether oxygens (including phenoxy) is 2. The van der Waals surface area contributed by atoms with Crippen molar-refractivity contribution in [2.45, 2.75) is 13.0 Å². The van der Waals surface area contributed by atoms with Crippen molar-refractivity contribution in [1.82, 2.24) is 0 Å². The molecule has 11 heavy (non-hydrogen) atoms. The van der Waals surface area contributed by atoms with Gasteiger partial charge in [0.2, 0.25) is 0 Å². The van der Waals surface area contributed by atoms with E-state index in [9.17, 15) is 4.79 Å². The first kappa shape index (κ1) is 8.33. The zero-order valence-corrected chi connectivity index (χ0v) is 6.37. The maximum Gasteiger partial charge on any atom is 0.332 e. The van der Waals surface area contributed by atoms with Crippen molar-refractivity contribution in [3.63, 3.8) is 0 Å². The highest BCUT2D eigenvalue weighted by atomic mass is 16.6. The van der Waals surface area contributed by atoms with Crippen LogP contribution < -0.4 is 0 Å². The van der Waals surface area contributed by atoms with Gasteiger partial charge in [0.15, 0.2) is 0 Å². The molecule has 0 spiro atoms. The molecular formula is C7H9BO3.